The first-order chi connectivity index (χ1) is 9.74. The standard InChI is InChI=1S/C15H32N4O2/c1-12(2)8-7-9-17-13(16-6)18-10-11-19-14(20)21-15(3,4)5/h12H,7-11H2,1-6H3,(H,19,20)(H2,16,17,18). The summed E-state index contributed by atoms with van der Waals surface area (Å²) in [6.45, 7) is 11.9. The van der Waals surface area contributed by atoms with Crippen LogP contribution in [0.4, 0.5) is 4.79 Å². The van der Waals surface area contributed by atoms with Gasteiger partial charge in [0.2, 0.25) is 0 Å². The summed E-state index contributed by atoms with van der Waals surface area (Å²) in [7, 11) is 1.74. The summed E-state index contributed by atoms with van der Waals surface area (Å²) in [6, 6.07) is 0. The van der Waals surface area contributed by atoms with E-state index in [4.69, 9.17) is 4.74 Å². The maximum Gasteiger partial charge on any atom is 0.407 e. The Morgan fingerprint density at radius 3 is 2.19 bits per heavy atom. The van der Waals surface area contributed by atoms with E-state index in [9.17, 15) is 4.79 Å². The molecular formula is C15H32N4O2. The molecule has 21 heavy (non-hydrogen) atoms. The van der Waals surface area contributed by atoms with E-state index >= 15 is 0 Å². The molecule has 0 heterocycles. The summed E-state index contributed by atoms with van der Waals surface area (Å²) in [4.78, 5) is 15.6. The lowest BCUT2D eigenvalue weighted by molar-refractivity contribution is 0.0529. The number of aliphatic imine (C=N–C) groups is 1. The van der Waals surface area contributed by atoms with Gasteiger partial charge in [-0.15, -0.1) is 0 Å². The van der Waals surface area contributed by atoms with Gasteiger partial charge in [0.25, 0.3) is 0 Å². The van der Waals surface area contributed by atoms with Crippen molar-refractivity contribution in [2.45, 2.75) is 53.1 Å². The SMILES string of the molecule is CN=C(NCCCC(C)C)NCCNC(=O)OC(C)(C)C. The highest BCUT2D eigenvalue weighted by molar-refractivity contribution is 5.79. The molecule has 0 spiro atoms. The third-order valence-corrected chi connectivity index (χ3v) is 2.56. The third kappa shape index (κ3) is 13.3. The van der Waals surface area contributed by atoms with Gasteiger partial charge in [0, 0.05) is 26.7 Å². The number of carbonyl (C=O) groups is 1. The number of ether oxygens (including phenoxy) is 1. The van der Waals surface area contributed by atoms with Crippen molar-refractivity contribution in [3.63, 3.8) is 0 Å². The average molecular weight is 300 g/mol. The summed E-state index contributed by atoms with van der Waals surface area (Å²) in [6.07, 6.45) is 1.92. The Labute approximate surface area is 129 Å². The Morgan fingerprint density at radius 1 is 1.10 bits per heavy atom. The van der Waals surface area contributed by atoms with Gasteiger partial charge in [-0.1, -0.05) is 13.8 Å². The summed E-state index contributed by atoms with van der Waals surface area (Å²) in [5.41, 5.74) is -0.467. The van der Waals surface area contributed by atoms with Gasteiger partial charge >= 0.3 is 6.09 Å². The highest BCUT2D eigenvalue weighted by atomic mass is 16.6. The number of hydrogen-bond acceptors (Lipinski definition) is 3. The van der Waals surface area contributed by atoms with Gasteiger partial charge in [-0.3, -0.25) is 4.99 Å². The van der Waals surface area contributed by atoms with E-state index in [1.165, 1.54) is 6.42 Å². The molecule has 124 valence electrons. The van der Waals surface area contributed by atoms with E-state index in [2.05, 4.69) is 34.8 Å². The number of nitrogens with one attached hydrogen (secondary N) is 3. The van der Waals surface area contributed by atoms with E-state index < -0.39 is 11.7 Å². The Hall–Kier alpha value is -1.46. The Bertz CT molecular complexity index is 322. The van der Waals surface area contributed by atoms with Crippen LogP contribution < -0.4 is 16.0 Å². The maximum absolute atomic E-state index is 11.4. The lowest BCUT2D eigenvalue weighted by Gasteiger charge is -2.20. The van der Waals surface area contributed by atoms with Gasteiger partial charge in [0.15, 0.2) is 5.96 Å². The largest absolute Gasteiger partial charge is 0.444 e. The molecule has 0 aliphatic carbocycles. The number of hydrogen-bond donors (Lipinski definition) is 3. The fourth-order valence-electron chi connectivity index (χ4n) is 1.60. The second kappa shape index (κ2) is 10.3. The van der Waals surface area contributed by atoms with Gasteiger partial charge in [0.1, 0.15) is 5.60 Å². The molecule has 0 fully saturated rings. The molecule has 6 nitrogen and oxygen atoms in total. The molecule has 0 saturated carbocycles. The molecule has 0 unspecified atom stereocenters. The monoisotopic (exact) mass is 300 g/mol. The first kappa shape index (κ1) is 19.5. The molecule has 0 bridgehead atoms. The number of carbonyl (C=O) groups excluding carboxylic acids is 1. The van der Waals surface area contributed by atoms with Crippen LogP contribution in [0, 0.1) is 5.92 Å². The fraction of sp³-hybridized carbons (Fsp3) is 0.867. The first-order valence-corrected chi connectivity index (χ1v) is 7.66. The van der Waals surface area contributed by atoms with Gasteiger partial charge in [0.05, 0.1) is 0 Å². The van der Waals surface area contributed by atoms with Crippen LogP contribution in [0.5, 0.6) is 0 Å². The van der Waals surface area contributed by atoms with E-state index in [1.807, 2.05) is 20.8 Å². The topological polar surface area (TPSA) is 74.8 Å². The molecule has 0 saturated heterocycles. The van der Waals surface area contributed by atoms with Crippen molar-refractivity contribution in [2.24, 2.45) is 10.9 Å². The predicted octanol–water partition coefficient (Wildman–Crippen LogP) is 2.11. The van der Waals surface area contributed by atoms with Gasteiger partial charge in [-0.2, -0.15) is 0 Å². The minimum atomic E-state index is -0.467. The number of alkyl carbamates (subject to hydrolysis) is 1. The van der Waals surface area contributed by atoms with Gasteiger partial charge < -0.3 is 20.7 Å². The van der Waals surface area contributed by atoms with E-state index in [1.54, 1.807) is 7.05 Å². The molecule has 3 N–H and O–H groups in total. The van der Waals surface area contributed by atoms with Crippen LogP contribution in [-0.4, -0.2) is 44.3 Å². The van der Waals surface area contributed by atoms with E-state index in [0.717, 1.165) is 24.8 Å². The highest BCUT2D eigenvalue weighted by Crippen LogP contribution is 2.06. The first-order valence-electron chi connectivity index (χ1n) is 7.66. The fourth-order valence-corrected chi connectivity index (χ4v) is 1.60. The highest BCUT2D eigenvalue weighted by Gasteiger charge is 2.15. The molecule has 0 radical (unpaired) electrons. The minimum absolute atomic E-state index is 0.399. The van der Waals surface area contributed by atoms with Gasteiger partial charge in [-0.05, 0) is 39.5 Å². The quantitative estimate of drug-likeness (QED) is 0.382. The van der Waals surface area contributed by atoms with Crippen molar-refractivity contribution in [1.82, 2.24) is 16.0 Å². The number of rotatable bonds is 7. The van der Waals surface area contributed by atoms with Gasteiger partial charge in [-0.25, -0.2) is 4.79 Å². The third-order valence-electron chi connectivity index (χ3n) is 2.56. The molecule has 0 rings (SSSR count). The zero-order valence-corrected chi connectivity index (χ0v) is 14.4. The van der Waals surface area contributed by atoms with Crippen LogP contribution >= 0.6 is 0 Å². The predicted molar refractivity (Wildman–Crippen MR) is 87.7 cm³/mol. The van der Waals surface area contributed by atoms with Crippen LogP contribution in [0.3, 0.4) is 0 Å². The van der Waals surface area contributed by atoms with Crippen molar-refractivity contribution < 1.29 is 9.53 Å². The number of nitrogens with zero attached hydrogens (tertiary/aromatic N) is 1. The average Bonchev–Trinajstić information content (AvgIpc) is 2.34. The molecule has 0 aromatic carbocycles. The molecule has 1 amide bonds. The Balaban J connectivity index is 3.71. The summed E-state index contributed by atoms with van der Waals surface area (Å²) >= 11 is 0. The van der Waals surface area contributed by atoms with Crippen molar-refractivity contribution in [3.8, 4) is 0 Å². The lowest BCUT2D eigenvalue weighted by Crippen LogP contribution is -2.42. The second-order valence-corrected chi connectivity index (χ2v) is 6.39. The van der Waals surface area contributed by atoms with E-state index in [0.29, 0.717) is 13.1 Å². The summed E-state index contributed by atoms with van der Waals surface area (Å²) in [5.74, 6) is 1.48. The van der Waals surface area contributed by atoms with Crippen LogP contribution in [0.1, 0.15) is 47.5 Å². The summed E-state index contributed by atoms with van der Waals surface area (Å²) < 4.78 is 5.15. The van der Waals surface area contributed by atoms with Crippen LogP contribution in [0.15, 0.2) is 4.99 Å². The summed E-state index contributed by atoms with van der Waals surface area (Å²) in [5, 5.41) is 9.08. The molecule has 0 aliphatic heterocycles. The van der Waals surface area contributed by atoms with Crippen molar-refractivity contribution in [2.75, 3.05) is 26.7 Å². The second-order valence-electron chi connectivity index (χ2n) is 6.39. The maximum atomic E-state index is 11.4. The molecule has 0 atom stereocenters. The zero-order valence-electron chi connectivity index (χ0n) is 14.4. The zero-order chi connectivity index (χ0) is 16.3. The lowest BCUT2D eigenvalue weighted by atomic mass is 10.1. The van der Waals surface area contributed by atoms with Crippen molar-refractivity contribution >= 4 is 12.1 Å². The van der Waals surface area contributed by atoms with Crippen LogP contribution in [-0.2, 0) is 4.74 Å². The molecule has 0 aliphatic rings. The molecule has 0 aromatic heterocycles. The van der Waals surface area contributed by atoms with Crippen LogP contribution in [0.2, 0.25) is 0 Å². The minimum Gasteiger partial charge on any atom is -0.444 e. The Morgan fingerprint density at radius 2 is 1.67 bits per heavy atom. The number of amides is 1. The van der Waals surface area contributed by atoms with Crippen molar-refractivity contribution in [1.29, 1.82) is 0 Å². The smallest absolute Gasteiger partial charge is 0.407 e. The van der Waals surface area contributed by atoms with E-state index in [-0.39, 0.29) is 0 Å². The molecular weight excluding hydrogens is 268 g/mol. The number of guanidine groups is 1. The normalized spacial score (nSPS) is 12.2. The molecule has 0 aromatic rings. The van der Waals surface area contributed by atoms with Crippen LogP contribution in [0.25, 0.3) is 0 Å². The van der Waals surface area contributed by atoms with Crippen molar-refractivity contribution in [3.05, 3.63) is 0 Å². The molecule has 6 heteroatoms. The Kier molecular flexibility index (Phi) is 9.58.